The van der Waals surface area contributed by atoms with E-state index in [1.165, 1.54) is 0 Å². The SMILES string of the molecule is O=C1CCC(C#CC2COC(=O)O2)C1. The van der Waals surface area contributed by atoms with Crippen molar-refractivity contribution in [3.63, 3.8) is 0 Å². The van der Waals surface area contributed by atoms with Crippen LogP contribution < -0.4 is 0 Å². The highest BCUT2D eigenvalue weighted by Crippen LogP contribution is 2.20. The molecule has 1 aliphatic carbocycles. The third-order valence-corrected chi connectivity index (χ3v) is 2.29. The normalized spacial score (nSPS) is 30.6. The first kappa shape index (κ1) is 9.07. The molecule has 1 heterocycles. The van der Waals surface area contributed by atoms with E-state index in [0.717, 1.165) is 6.42 Å². The van der Waals surface area contributed by atoms with Gasteiger partial charge in [0.25, 0.3) is 0 Å². The van der Waals surface area contributed by atoms with Crippen molar-refractivity contribution in [3.05, 3.63) is 0 Å². The van der Waals surface area contributed by atoms with E-state index in [1.807, 2.05) is 0 Å². The van der Waals surface area contributed by atoms with E-state index >= 15 is 0 Å². The van der Waals surface area contributed by atoms with Gasteiger partial charge in [-0.3, -0.25) is 4.79 Å². The predicted octanol–water partition coefficient (Wildman–Crippen LogP) is 0.894. The summed E-state index contributed by atoms with van der Waals surface area (Å²) in [5.41, 5.74) is 0. The third kappa shape index (κ3) is 2.05. The van der Waals surface area contributed by atoms with Crippen LogP contribution >= 0.6 is 0 Å². The van der Waals surface area contributed by atoms with Crippen LogP contribution in [0.5, 0.6) is 0 Å². The smallest absolute Gasteiger partial charge is 0.429 e. The van der Waals surface area contributed by atoms with Gasteiger partial charge in [-0.2, -0.15) is 0 Å². The highest BCUT2D eigenvalue weighted by Gasteiger charge is 2.24. The van der Waals surface area contributed by atoms with Crippen molar-refractivity contribution in [3.8, 4) is 11.8 Å². The maximum atomic E-state index is 10.9. The summed E-state index contributed by atoms with van der Waals surface area (Å²) in [5.74, 6) is 6.16. The van der Waals surface area contributed by atoms with Gasteiger partial charge < -0.3 is 9.47 Å². The van der Waals surface area contributed by atoms with Crippen molar-refractivity contribution in [1.82, 2.24) is 0 Å². The van der Waals surface area contributed by atoms with Gasteiger partial charge in [-0.15, -0.1) is 0 Å². The molecule has 74 valence electrons. The van der Waals surface area contributed by atoms with Gasteiger partial charge in [-0.25, -0.2) is 4.79 Å². The molecule has 2 atom stereocenters. The molecule has 0 aromatic rings. The summed E-state index contributed by atoms with van der Waals surface area (Å²) in [6.07, 6.45) is 0.882. The first-order chi connectivity index (χ1) is 6.74. The summed E-state index contributed by atoms with van der Waals surface area (Å²) in [6.45, 7) is 0.201. The standard InChI is InChI=1S/C10H10O4/c11-8-3-1-7(5-8)2-4-9-6-13-10(12)14-9/h7,9H,1,3,5-6H2. The zero-order chi connectivity index (χ0) is 9.97. The van der Waals surface area contributed by atoms with Crippen LogP contribution in [-0.2, 0) is 14.3 Å². The largest absolute Gasteiger partial charge is 0.509 e. The van der Waals surface area contributed by atoms with Crippen molar-refractivity contribution in [1.29, 1.82) is 0 Å². The van der Waals surface area contributed by atoms with E-state index < -0.39 is 12.3 Å². The van der Waals surface area contributed by atoms with Crippen LogP contribution in [0.4, 0.5) is 4.79 Å². The highest BCUT2D eigenvalue weighted by atomic mass is 16.8. The molecule has 0 bridgehead atoms. The second kappa shape index (κ2) is 3.70. The lowest BCUT2D eigenvalue weighted by Crippen LogP contribution is -2.06. The second-order valence-corrected chi connectivity index (χ2v) is 3.43. The van der Waals surface area contributed by atoms with Gasteiger partial charge in [0, 0.05) is 18.8 Å². The molecular formula is C10H10O4. The quantitative estimate of drug-likeness (QED) is 0.424. The Labute approximate surface area is 81.6 Å². The van der Waals surface area contributed by atoms with Gasteiger partial charge >= 0.3 is 6.16 Å². The van der Waals surface area contributed by atoms with Gasteiger partial charge in [0.2, 0.25) is 0 Å². The Bertz CT molecular complexity index is 293. The Kier molecular flexibility index (Phi) is 2.40. The summed E-state index contributed by atoms with van der Waals surface area (Å²) in [7, 11) is 0. The molecule has 0 aromatic heterocycles. The lowest BCUT2D eigenvalue weighted by molar-refractivity contribution is -0.117. The lowest BCUT2D eigenvalue weighted by atomic mass is 10.1. The van der Waals surface area contributed by atoms with E-state index in [-0.39, 0.29) is 18.3 Å². The van der Waals surface area contributed by atoms with E-state index in [9.17, 15) is 9.59 Å². The summed E-state index contributed by atoms with van der Waals surface area (Å²) >= 11 is 0. The monoisotopic (exact) mass is 194 g/mol. The number of carbonyl (C=O) groups excluding carboxylic acids is 2. The first-order valence-electron chi connectivity index (χ1n) is 4.60. The van der Waals surface area contributed by atoms with Gasteiger partial charge in [-0.05, 0) is 6.42 Å². The Morgan fingerprint density at radius 3 is 2.71 bits per heavy atom. The molecule has 0 N–H and O–H groups in total. The molecular weight excluding hydrogens is 184 g/mol. The van der Waals surface area contributed by atoms with E-state index in [1.54, 1.807) is 0 Å². The molecule has 1 saturated carbocycles. The molecule has 1 aliphatic heterocycles. The fourth-order valence-corrected chi connectivity index (χ4v) is 1.55. The van der Waals surface area contributed by atoms with Crippen LogP contribution in [0, 0.1) is 17.8 Å². The summed E-state index contributed by atoms with van der Waals surface area (Å²) in [6, 6.07) is 0. The van der Waals surface area contributed by atoms with Crippen LogP contribution in [0.15, 0.2) is 0 Å². The number of hydrogen-bond acceptors (Lipinski definition) is 4. The first-order valence-corrected chi connectivity index (χ1v) is 4.60. The van der Waals surface area contributed by atoms with E-state index in [0.29, 0.717) is 12.8 Å². The Morgan fingerprint density at radius 2 is 2.14 bits per heavy atom. The molecule has 4 heteroatoms. The van der Waals surface area contributed by atoms with E-state index in [4.69, 9.17) is 4.74 Å². The van der Waals surface area contributed by atoms with Crippen molar-refractivity contribution in [2.24, 2.45) is 5.92 Å². The van der Waals surface area contributed by atoms with Gasteiger partial charge in [0.05, 0.1) is 0 Å². The molecule has 0 radical (unpaired) electrons. The molecule has 0 spiro atoms. The Balaban J connectivity index is 1.87. The summed E-state index contributed by atoms with van der Waals surface area (Å²) in [4.78, 5) is 21.5. The number of Topliss-reactive ketones (excluding diaryl/α,β-unsaturated/α-hetero) is 1. The topological polar surface area (TPSA) is 52.6 Å². The number of hydrogen-bond donors (Lipinski definition) is 0. The molecule has 14 heavy (non-hydrogen) atoms. The molecule has 0 aromatic carbocycles. The average Bonchev–Trinajstić information content (AvgIpc) is 2.72. The fraction of sp³-hybridized carbons (Fsp3) is 0.600. The Morgan fingerprint density at radius 1 is 1.29 bits per heavy atom. The van der Waals surface area contributed by atoms with Crippen molar-refractivity contribution >= 4 is 11.9 Å². The summed E-state index contributed by atoms with van der Waals surface area (Å²) in [5, 5.41) is 0. The average molecular weight is 194 g/mol. The molecule has 2 rings (SSSR count). The number of rotatable bonds is 0. The van der Waals surface area contributed by atoms with Crippen LogP contribution in [0.3, 0.4) is 0 Å². The number of ether oxygens (including phenoxy) is 2. The zero-order valence-electron chi connectivity index (χ0n) is 7.62. The maximum Gasteiger partial charge on any atom is 0.509 e. The molecule has 2 fully saturated rings. The zero-order valence-corrected chi connectivity index (χ0v) is 7.62. The maximum absolute atomic E-state index is 10.9. The number of ketones is 1. The highest BCUT2D eigenvalue weighted by molar-refractivity contribution is 5.81. The van der Waals surface area contributed by atoms with Crippen LogP contribution in [-0.4, -0.2) is 24.6 Å². The minimum atomic E-state index is -0.660. The minimum absolute atomic E-state index is 0.141. The Hall–Kier alpha value is -1.50. The summed E-state index contributed by atoms with van der Waals surface area (Å²) < 4.78 is 9.30. The van der Waals surface area contributed by atoms with Crippen LogP contribution in [0.2, 0.25) is 0 Å². The van der Waals surface area contributed by atoms with Gasteiger partial charge in [0.15, 0.2) is 6.10 Å². The van der Waals surface area contributed by atoms with Gasteiger partial charge in [-0.1, -0.05) is 11.8 Å². The second-order valence-electron chi connectivity index (χ2n) is 3.43. The van der Waals surface area contributed by atoms with Gasteiger partial charge in [0.1, 0.15) is 12.4 Å². The fourth-order valence-electron chi connectivity index (χ4n) is 1.55. The van der Waals surface area contributed by atoms with Crippen LogP contribution in [0.25, 0.3) is 0 Å². The third-order valence-electron chi connectivity index (χ3n) is 2.29. The molecule has 1 saturated heterocycles. The van der Waals surface area contributed by atoms with Crippen molar-refractivity contribution in [2.75, 3.05) is 6.61 Å². The molecule has 2 aliphatic rings. The van der Waals surface area contributed by atoms with Crippen molar-refractivity contribution < 1.29 is 19.1 Å². The minimum Gasteiger partial charge on any atom is -0.429 e. The molecule has 4 nitrogen and oxygen atoms in total. The van der Waals surface area contributed by atoms with Crippen LogP contribution in [0.1, 0.15) is 19.3 Å². The van der Waals surface area contributed by atoms with E-state index in [2.05, 4.69) is 16.6 Å². The van der Waals surface area contributed by atoms with Crippen molar-refractivity contribution in [2.45, 2.75) is 25.4 Å². The molecule has 0 amide bonds. The predicted molar refractivity (Wildman–Crippen MR) is 46.3 cm³/mol. The molecule has 2 unspecified atom stereocenters. The lowest BCUT2D eigenvalue weighted by Gasteiger charge is -1.96. The number of cyclic esters (lactones) is 2. The number of carbonyl (C=O) groups is 2.